The van der Waals surface area contributed by atoms with E-state index in [9.17, 15) is 4.79 Å². The Balaban J connectivity index is 0.701. The first-order valence-electron chi connectivity index (χ1n) is 23.7. The van der Waals surface area contributed by atoms with Gasteiger partial charge in [-0.1, -0.05) is 66.4 Å². The summed E-state index contributed by atoms with van der Waals surface area (Å²) in [5.74, 6) is 1.93. The fourth-order valence-corrected chi connectivity index (χ4v) is 10.6. The molecule has 7 aromatic rings. The Hall–Kier alpha value is -4.90. The lowest BCUT2D eigenvalue weighted by Crippen LogP contribution is -2.42. The first kappa shape index (κ1) is 46.6. The van der Waals surface area contributed by atoms with Crippen LogP contribution in [0.3, 0.4) is 0 Å². The second kappa shape index (κ2) is 23.0. The number of likely N-dealkylation sites (tertiary alicyclic amines) is 1. The smallest absolute Gasteiger partial charge is 0.223 e. The summed E-state index contributed by atoms with van der Waals surface area (Å²) in [7, 11) is 2.00. The van der Waals surface area contributed by atoms with Crippen molar-refractivity contribution in [1.29, 1.82) is 0 Å². The van der Waals surface area contributed by atoms with Crippen LogP contribution in [-0.4, -0.2) is 105 Å². The van der Waals surface area contributed by atoms with E-state index in [1.807, 2.05) is 23.1 Å². The van der Waals surface area contributed by atoms with Crippen molar-refractivity contribution in [3.8, 4) is 10.4 Å². The van der Waals surface area contributed by atoms with E-state index in [0.717, 1.165) is 102 Å². The highest BCUT2D eigenvalue weighted by molar-refractivity contribution is 7.99. The minimum absolute atomic E-state index is 0.108. The van der Waals surface area contributed by atoms with Crippen molar-refractivity contribution in [3.05, 3.63) is 94.4 Å². The lowest BCUT2D eigenvalue weighted by molar-refractivity contribution is -0.126. The van der Waals surface area contributed by atoms with Gasteiger partial charge in [0.15, 0.2) is 22.1 Å². The van der Waals surface area contributed by atoms with Crippen molar-refractivity contribution < 1.29 is 4.79 Å². The molecule has 4 aromatic heterocycles. The van der Waals surface area contributed by atoms with Crippen LogP contribution < -0.4 is 27.0 Å². The van der Waals surface area contributed by atoms with Gasteiger partial charge in [0.05, 0.1) is 6.54 Å². The monoisotopic (exact) mass is 914 g/mol. The number of thioether (sulfide) groups is 1. The number of nitrogens with one attached hydrogen (secondary N) is 4. The van der Waals surface area contributed by atoms with Crippen LogP contribution in [0.15, 0.2) is 77.3 Å². The van der Waals surface area contributed by atoms with Gasteiger partial charge in [-0.15, -0.1) is 16.4 Å². The highest BCUT2D eigenvalue weighted by atomic mass is 32.2. The summed E-state index contributed by atoms with van der Waals surface area (Å²) in [6, 6.07) is 24.9. The Morgan fingerprint density at radius 2 is 1.66 bits per heavy atom. The number of hydrogen-bond acceptors (Lipinski definition) is 12. The molecule has 0 aliphatic carbocycles. The lowest BCUT2D eigenvalue weighted by atomic mass is 9.96. The average molecular weight is 915 g/mol. The number of hydrogen-bond donors (Lipinski definition) is 5. The number of aryl methyl sites for hydroxylation is 3. The second-order valence-corrected chi connectivity index (χ2v) is 19.2. The maximum absolute atomic E-state index is 13.0. The minimum atomic E-state index is 0.108. The van der Waals surface area contributed by atoms with Crippen LogP contribution >= 0.6 is 23.1 Å². The third kappa shape index (κ3) is 11.7. The third-order valence-electron chi connectivity index (χ3n) is 12.5. The number of fused-ring (bicyclic) bond motifs is 4. The third-order valence-corrected chi connectivity index (χ3v) is 14.5. The SMILES string of the molecule is CCCSc1nc(NCCN)c2nnn(Cc3ccc(CCCNC(=O)C4CCN(CCNCCCc5csc(-c6ccc7c8cc(CNC)ccc8n(CC)c7c6)c5)CC4)cc3)c2n1. The fraction of sp³-hybridized carbons (Fsp3) is 0.460. The number of piperidine rings is 1. The summed E-state index contributed by atoms with van der Waals surface area (Å²) in [5.41, 5.74) is 16.1. The number of amides is 1. The number of anilines is 1. The predicted molar refractivity (Wildman–Crippen MR) is 270 cm³/mol. The van der Waals surface area contributed by atoms with Gasteiger partial charge in [0.2, 0.25) is 5.91 Å². The first-order chi connectivity index (χ1) is 31.9. The van der Waals surface area contributed by atoms with Crippen LogP contribution in [0.5, 0.6) is 0 Å². The van der Waals surface area contributed by atoms with Gasteiger partial charge in [-0.05, 0) is 136 Å². The quantitative estimate of drug-likeness (QED) is 0.0230. The van der Waals surface area contributed by atoms with E-state index >= 15 is 0 Å². The molecule has 1 saturated heterocycles. The molecule has 1 fully saturated rings. The fourth-order valence-electron chi connectivity index (χ4n) is 8.96. The number of nitrogens with zero attached hydrogens (tertiary/aromatic N) is 7. The maximum Gasteiger partial charge on any atom is 0.223 e. The van der Waals surface area contributed by atoms with Crippen LogP contribution in [0, 0.1) is 5.92 Å². The van der Waals surface area contributed by atoms with Crippen molar-refractivity contribution in [2.45, 2.75) is 83.6 Å². The van der Waals surface area contributed by atoms with Crippen LogP contribution in [-0.2, 0) is 37.3 Å². The number of benzene rings is 3. The number of aromatic nitrogens is 6. The molecular weight excluding hydrogens is 849 g/mol. The molecule has 8 rings (SSSR count). The molecule has 0 bridgehead atoms. The maximum atomic E-state index is 13.0. The summed E-state index contributed by atoms with van der Waals surface area (Å²) in [6.45, 7) is 13.6. The number of carbonyl (C=O) groups is 1. The van der Waals surface area contributed by atoms with Crippen molar-refractivity contribution in [1.82, 2.24) is 50.4 Å². The minimum Gasteiger partial charge on any atom is -0.367 e. The topological polar surface area (TPSA) is 156 Å². The molecule has 3 aromatic carbocycles. The Bertz CT molecular complexity index is 2630. The van der Waals surface area contributed by atoms with Gasteiger partial charge in [-0.25, -0.2) is 14.6 Å². The number of nitrogens with two attached hydrogens (primary N) is 1. The standard InChI is InChI=1S/C50H66N12OS2/c1-4-28-64-50-56-47(54-23-20-51)46-48(57-50)62(59-58-46)33-36-12-10-35(11-13-36)8-7-22-55-49(63)39-18-25-60(26-19-39)27-24-53-21-6-9-38-30-45(65-34-38)40-15-16-41-42-29-37(32-52-3)14-17-43(42)61(5-2)44(41)31-40/h10-17,29-31,34,39,52-53H,4-9,18-28,32-33,51H2,1-3H3,(H,55,63)(H,54,56,57). The molecule has 344 valence electrons. The van der Waals surface area contributed by atoms with Crippen molar-refractivity contribution >= 4 is 67.8 Å². The van der Waals surface area contributed by atoms with Gasteiger partial charge < -0.3 is 36.5 Å². The molecule has 1 aliphatic heterocycles. The molecule has 65 heavy (non-hydrogen) atoms. The molecule has 0 saturated carbocycles. The molecule has 1 aliphatic rings. The Kier molecular flexibility index (Phi) is 16.5. The largest absolute Gasteiger partial charge is 0.367 e. The lowest BCUT2D eigenvalue weighted by Gasteiger charge is -2.31. The zero-order valence-corrected chi connectivity index (χ0v) is 40.0. The highest BCUT2D eigenvalue weighted by Gasteiger charge is 2.24. The molecule has 1 amide bonds. The normalized spacial score (nSPS) is 13.7. The summed E-state index contributed by atoms with van der Waals surface area (Å²) < 4.78 is 4.29. The summed E-state index contributed by atoms with van der Waals surface area (Å²) in [6.07, 6.45) is 6.91. The molecular formula is C50H66N12OS2. The first-order valence-corrected chi connectivity index (χ1v) is 25.5. The van der Waals surface area contributed by atoms with Gasteiger partial charge >= 0.3 is 0 Å². The average Bonchev–Trinajstić information content (AvgIpc) is 4.06. The Morgan fingerprint density at radius 3 is 2.46 bits per heavy atom. The number of thiophene rings is 1. The molecule has 5 heterocycles. The summed E-state index contributed by atoms with van der Waals surface area (Å²) in [4.78, 5) is 26.3. The van der Waals surface area contributed by atoms with Gasteiger partial charge in [-0.2, -0.15) is 0 Å². The van der Waals surface area contributed by atoms with Crippen molar-refractivity contribution in [2.24, 2.45) is 11.7 Å². The van der Waals surface area contributed by atoms with Crippen LogP contribution in [0.2, 0.25) is 0 Å². The van der Waals surface area contributed by atoms with E-state index < -0.39 is 0 Å². The highest BCUT2D eigenvalue weighted by Crippen LogP contribution is 2.35. The molecule has 0 unspecified atom stereocenters. The van der Waals surface area contributed by atoms with Crippen molar-refractivity contribution in [3.63, 3.8) is 0 Å². The van der Waals surface area contributed by atoms with E-state index in [-0.39, 0.29) is 11.8 Å². The van der Waals surface area contributed by atoms with E-state index in [1.54, 1.807) is 11.8 Å². The molecule has 13 nitrogen and oxygen atoms in total. The van der Waals surface area contributed by atoms with E-state index in [0.29, 0.717) is 48.3 Å². The molecule has 0 spiro atoms. The Morgan fingerprint density at radius 1 is 0.862 bits per heavy atom. The molecule has 6 N–H and O–H groups in total. The Labute approximate surface area is 391 Å². The van der Waals surface area contributed by atoms with Gasteiger partial charge in [0.1, 0.15) is 0 Å². The zero-order chi connectivity index (χ0) is 45.0. The van der Waals surface area contributed by atoms with E-state index in [4.69, 9.17) is 10.7 Å². The summed E-state index contributed by atoms with van der Waals surface area (Å²) in [5, 5.41) is 28.0. The number of rotatable bonds is 24. The van der Waals surface area contributed by atoms with Crippen LogP contribution in [0.25, 0.3) is 43.4 Å². The van der Waals surface area contributed by atoms with Gasteiger partial charge in [-0.3, -0.25) is 4.79 Å². The predicted octanol–water partition coefficient (Wildman–Crippen LogP) is 7.70. The number of carbonyl (C=O) groups excluding carboxylic acids is 1. The zero-order valence-electron chi connectivity index (χ0n) is 38.4. The molecule has 0 atom stereocenters. The van der Waals surface area contributed by atoms with E-state index in [1.165, 1.54) is 48.9 Å². The second-order valence-electron chi connectivity index (χ2n) is 17.2. The van der Waals surface area contributed by atoms with Gasteiger partial charge in [0.25, 0.3) is 0 Å². The molecule has 15 heteroatoms. The van der Waals surface area contributed by atoms with Crippen LogP contribution in [0.4, 0.5) is 5.82 Å². The van der Waals surface area contributed by atoms with E-state index in [2.05, 4.69) is 132 Å². The van der Waals surface area contributed by atoms with Gasteiger partial charge in [0, 0.05) is 84.2 Å². The summed E-state index contributed by atoms with van der Waals surface area (Å²) >= 11 is 3.49. The van der Waals surface area contributed by atoms with Crippen molar-refractivity contribution in [2.75, 3.05) is 70.5 Å². The molecule has 0 radical (unpaired) electrons. The van der Waals surface area contributed by atoms with Crippen LogP contribution in [0.1, 0.15) is 68.2 Å².